The van der Waals surface area contributed by atoms with Crippen LogP contribution in [0.2, 0.25) is 0 Å². The molecular weight excluding hydrogens is 338 g/mol. The molecule has 1 amide bonds. The molecule has 0 saturated heterocycles. The van der Waals surface area contributed by atoms with Crippen LogP contribution >= 0.6 is 0 Å². The van der Waals surface area contributed by atoms with Gasteiger partial charge in [0.1, 0.15) is 17.9 Å². The van der Waals surface area contributed by atoms with E-state index in [-0.39, 0.29) is 17.7 Å². The van der Waals surface area contributed by atoms with Crippen LogP contribution in [-0.4, -0.2) is 28.6 Å². The normalized spacial score (nSPS) is 10.6. The molecule has 0 saturated carbocycles. The fraction of sp³-hybridized carbons (Fsp3) is 0.105. The quantitative estimate of drug-likeness (QED) is 0.603. The number of aliphatic carboxylic acids is 1. The molecule has 0 atom stereocenters. The highest BCUT2D eigenvalue weighted by atomic mass is 16.4. The van der Waals surface area contributed by atoms with Gasteiger partial charge in [-0.15, -0.1) is 0 Å². The van der Waals surface area contributed by atoms with Gasteiger partial charge in [0.15, 0.2) is 0 Å². The van der Waals surface area contributed by atoms with Crippen LogP contribution in [0.5, 0.6) is 5.75 Å². The molecule has 1 heterocycles. The van der Waals surface area contributed by atoms with Gasteiger partial charge >= 0.3 is 11.6 Å². The number of hydrogen-bond acceptors (Lipinski definition) is 5. The van der Waals surface area contributed by atoms with E-state index in [0.717, 1.165) is 0 Å². The van der Waals surface area contributed by atoms with E-state index in [0.29, 0.717) is 22.1 Å². The fourth-order valence-electron chi connectivity index (χ4n) is 2.56. The largest absolute Gasteiger partial charge is 0.507 e. The maximum atomic E-state index is 12.1. The summed E-state index contributed by atoms with van der Waals surface area (Å²) in [6.07, 6.45) is 0.135. The second kappa shape index (κ2) is 7.10. The SMILES string of the molecule is O=C(O)CNC(=O)c1ccc(Cc2c(O)c3ccccc3oc2=O)cc1. The predicted octanol–water partition coefficient (Wildman–Crippen LogP) is 1.90. The van der Waals surface area contributed by atoms with Crippen LogP contribution in [0.3, 0.4) is 0 Å². The third kappa shape index (κ3) is 3.56. The third-order valence-corrected chi connectivity index (χ3v) is 3.87. The summed E-state index contributed by atoms with van der Waals surface area (Å²) in [6, 6.07) is 13.0. The van der Waals surface area contributed by atoms with Crippen LogP contribution in [0.25, 0.3) is 11.0 Å². The lowest BCUT2D eigenvalue weighted by Gasteiger charge is -2.07. The van der Waals surface area contributed by atoms with E-state index in [1.54, 1.807) is 36.4 Å². The lowest BCUT2D eigenvalue weighted by atomic mass is 10.0. The molecule has 3 N–H and O–H groups in total. The highest BCUT2D eigenvalue weighted by molar-refractivity contribution is 5.95. The number of para-hydroxylation sites is 1. The zero-order valence-electron chi connectivity index (χ0n) is 13.6. The Hall–Kier alpha value is -3.61. The highest BCUT2D eigenvalue weighted by Crippen LogP contribution is 2.27. The van der Waals surface area contributed by atoms with Crippen molar-refractivity contribution in [1.82, 2.24) is 5.32 Å². The minimum atomic E-state index is -1.13. The van der Waals surface area contributed by atoms with Gasteiger partial charge in [0.2, 0.25) is 0 Å². The van der Waals surface area contributed by atoms with Gasteiger partial charge in [-0.3, -0.25) is 9.59 Å². The van der Waals surface area contributed by atoms with Gasteiger partial charge in [0, 0.05) is 12.0 Å². The molecule has 0 aliphatic carbocycles. The molecule has 0 aliphatic heterocycles. The number of carbonyl (C=O) groups is 2. The number of carbonyl (C=O) groups excluding carboxylic acids is 1. The molecule has 7 heteroatoms. The average Bonchev–Trinajstić information content (AvgIpc) is 2.63. The molecule has 1 aromatic heterocycles. The fourth-order valence-corrected chi connectivity index (χ4v) is 2.56. The van der Waals surface area contributed by atoms with Gasteiger partial charge in [-0.1, -0.05) is 24.3 Å². The van der Waals surface area contributed by atoms with Crippen molar-refractivity contribution in [2.45, 2.75) is 6.42 Å². The van der Waals surface area contributed by atoms with Gasteiger partial charge in [0.05, 0.1) is 10.9 Å². The van der Waals surface area contributed by atoms with Crippen LogP contribution in [0, 0.1) is 0 Å². The van der Waals surface area contributed by atoms with Gasteiger partial charge in [-0.05, 0) is 29.8 Å². The van der Waals surface area contributed by atoms with Crippen molar-refractivity contribution in [1.29, 1.82) is 0 Å². The van der Waals surface area contributed by atoms with Crippen molar-refractivity contribution < 1.29 is 24.2 Å². The van der Waals surface area contributed by atoms with Crippen molar-refractivity contribution in [2.75, 3.05) is 6.54 Å². The van der Waals surface area contributed by atoms with Crippen molar-refractivity contribution in [3.8, 4) is 5.75 Å². The first-order valence-corrected chi connectivity index (χ1v) is 7.78. The van der Waals surface area contributed by atoms with E-state index >= 15 is 0 Å². The van der Waals surface area contributed by atoms with E-state index in [9.17, 15) is 19.5 Å². The second-order valence-electron chi connectivity index (χ2n) is 5.66. The second-order valence-corrected chi connectivity index (χ2v) is 5.66. The minimum Gasteiger partial charge on any atom is -0.507 e. The van der Waals surface area contributed by atoms with Crippen LogP contribution in [0.4, 0.5) is 0 Å². The third-order valence-electron chi connectivity index (χ3n) is 3.87. The topological polar surface area (TPSA) is 117 Å². The Morgan fingerprint density at radius 3 is 2.42 bits per heavy atom. The summed E-state index contributed by atoms with van der Waals surface area (Å²) in [7, 11) is 0. The molecule has 0 radical (unpaired) electrons. The maximum absolute atomic E-state index is 12.1. The Kier molecular flexibility index (Phi) is 4.70. The van der Waals surface area contributed by atoms with Crippen LogP contribution in [0.1, 0.15) is 21.5 Å². The number of benzene rings is 2. The Bertz CT molecular complexity index is 1040. The van der Waals surface area contributed by atoms with Crippen LogP contribution < -0.4 is 10.9 Å². The lowest BCUT2D eigenvalue weighted by Crippen LogP contribution is -2.29. The molecule has 132 valence electrons. The Morgan fingerprint density at radius 2 is 1.73 bits per heavy atom. The van der Waals surface area contributed by atoms with Crippen molar-refractivity contribution in [3.63, 3.8) is 0 Å². The van der Waals surface area contributed by atoms with Gasteiger partial charge < -0.3 is 19.9 Å². The Morgan fingerprint density at radius 1 is 1.04 bits per heavy atom. The number of carboxylic acids is 1. The minimum absolute atomic E-state index is 0.125. The summed E-state index contributed by atoms with van der Waals surface area (Å²) in [5, 5.41) is 21.7. The van der Waals surface area contributed by atoms with Gasteiger partial charge in [-0.25, -0.2) is 4.79 Å². The molecule has 3 rings (SSSR count). The standard InChI is InChI=1S/C19H15NO6/c21-16(22)10-20-18(24)12-7-5-11(6-8-12)9-14-17(23)13-3-1-2-4-15(13)26-19(14)25/h1-8,23H,9-10H2,(H,20,24)(H,21,22). The number of carboxylic acid groups (broad SMARTS) is 1. The Labute approximate surface area is 147 Å². The first kappa shape index (κ1) is 17.2. The van der Waals surface area contributed by atoms with Crippen LogP contribution in [0.15, 0.2) is 57.7 Å². The summed E-state index contributed by atoms with van der Waals surface area (Å²) in [4.78, 5) is 34.4. The van der Waals surface area contributed by atoms with E-state index < -0.39 is 24.0 Å². The number of hydrogen-bond donors (Lipinski definition) is 3. The average molecular weight is 353 g/mol. The first-order valence-electron chi connectivity index (χ1n) is 7.78. The molecule has 26 heavy (non-hydrogen) atoms. The Balaban J connectivity index is 1.84. The molecule has 2 aromatic carbocycles. The van der Waals surface area contributed by atoms with E-state index in [2.05, 4.69) is 5.32 Å². The van der Waals surface area contributed by atoms with E-state index in [1.165, 1.54) is 12.1 Å². The zero-order valence-corrected chi connectivity index (χ0v) is 13.6. The molecular formula is C19H15NO6. The number of aromatic hydroxyl groups is 1. The summed E-state index contributed by atoms with van der Waals surface area (Å²) in [5.74, 6) is -1.76. The monoisotopic (exact) mass is 353 g/mol. The molecule has 0 bridgehead atoms. The number of nitrogens with one attached hydrogen (secondary N) is 1. The smallest absolute Gasteiger partial charge is 0.343 e. The van der Waals surface area contributed by atoms with Crippen molar-refractivity contribution in [3.05, 3.63) is 75.6 Å². The van der Waals surface area contributed by atoms with E-state index in [4.69, 9.17) is 9.52 Å². The highest BCUT2D eigenvalue weighted by Gasteiger charge is 2.14. The summed E-state index contributed by atoms with van der Waals surface area (Å²) < 4.78 is 5.23. The zero-order chi connectivity index (χ0) is 18.7. The van der Waals surface area contributed by atoms with Crippen LogP contribution in [-0.2, 0) is 11.2 Å². The molecule has 7 nitrogen and oxygen atoms in total. The molecule has 0 unspecified atom stereocenters. The summed E-state index contributed by atoms with van der Waals surface area (Å²) >= 11 is 0. The molecule has 0 aliphatic rings. The molecule has 3 aromatic rings. The van der Waals surface area contributed by atoms with Crippen molar-refractivity contribution in [2.24, 2.45) is 0 Å². The summed E-state index contributed by atoms with van der Waals surface area (Å²) in [5.41, 5.74) is 0.808. The molecule has 0 fully saturated rings. The first-order chi connectivity index (χ1) is 12.5. The number of fused-ring (bicyclic) bond motifs is 1. The van der Waals surface area contributed by atoms with Gasteiger partial charge in [-0.2, -0.15) is 0 Å². The summed E-state index contributed by atoms with van der Waals surface area (Å²) in [6.45, 7) is -0.466. The number of amides is 1. The maximum Gasteiger partial charge on any atom is 0.343 e. The van der Waals surface area contributed by atoms with Gasteiger partial charge in [0.25, 0.3) is 5.91 Å². The lowest BCUT2D eigenvalue weighted by molar-refractivity contribution is -0.135. The molecule has 0 spiro atoms. The number of rotatable bonds is 5. The predicted molar refractivity (Wildman–Crippen MR) is 93.4 cm³/mol. The van der Waals surface area contributed by atoms with E-state index in [1.807, 2.05) is 0 Å². The van der Waals surface area contributed by atoms with Crippen molar-refractivity contribution >= 4 is 22.8 Å².